The van der Waals surface area contributed by atoms with Gasteiger partial charge in [0.15, 0.2) is 8.32 Å². The second-order valence-electron chi connectivity index (χ2n) is 12.6. The van der Waals surface area contributed by atoms with Gasteiger partial charge in [-0.3, -0.25) is 4.79 Å². The lowest BCUT2D eigenvalue weighted by Crippen LogP contribution is -2.60. The summed E-state index contributed by atoms with van der Waals surface area (Å²) in [5, 5.41) is 0.272. The van der Waals surface area contributed by atoms with Crippen molar-refractivity contribution in [3.8, 4) is 0 Å². The molecule has 0 N–H and O–H groups in total. The van der Waals surface area contributed by atoms with Crippen molar-refractivity contribution in [1.82, 2.24) is 4.90 Å². The normalized spacial score (nSPS) is 45.0. The van der Waals surface area contributed by atoms with Crippen molar-refractivity contribution in [3.05, 3.63) is 12.2 Å². The molecule has 2 unspecified atom stereocenters. The highest BCUT2D eigenvalue weighted by Gasteiger charge is 2.61. The molecule has 3 nitrogen and oxygen atoms in total. The van der Waals surface area contributed by atoms with E-state index < -0.39 is 8.32 Å². The van der Waals surface area contributed by atoms with Gasteiger partial charge in [-0.15, -0.1) is 0 Å². The van der Waals surface area contributed by atoms with E-state index in [-0.39, 0.29) is 16.4 Å². The van der Waals surface area contributed by atoms with Gasteiger partial charge in [-0.05, 0) is 85.9 Å². The van der Waals surface area contributed by atoms with E-state index in [1.165, 1.54) is 32.1 Å². The van der Waals surface area contributed by atoms with Crippen molar-refractivity contribution in [2.75, 3.05) is 7.05 Å². The minimum atomic E-state index is -1.75. The molecule has 0 aromatic heterocycles. The average Bonchev–Trinajstić information content (AvgIpc) is 2.94. The smallest absolute Gasteiger partial charge is 0.246 e. The molecule has 29 heavy (non-hydrogen) atoms. The highest BCUT2D eigenvalue weighted by Crippen LogP contribution is 2.64. The molecule has 0 bridgehead atoms. The summed E-state index contributed by atoms with van der Waals surface area (Å²) in [6, 6.07) is 0.381. The van der Waals surface area contributed by atoms with Crippen molar-refractivity contribution in [2.45, 2.75) is 103 Å². The topological polar surface area (TPSA) is 29.5 Å². The second-order valence-corrected chi connectivity index (χ2v) is 17.4. The Morgan fingerprint density at radius 3 is 2.41 bits per heavy atom. The van der Waals surface area contributed by atoms with Gasteiger partial charge >= 0.3 is 0 Å². The lowest BCUT2D eigenvalue weighted by molar-refractivity contribution is -0.139. The Bertz CT molecular complexity index is 710. The van der Waals surface area contributed by atoms with Crippen LogP contribution in [-0.4, -0.2) is 38.3 Å². The summed E-state index contributed by atoms with van der Waals surface area (Å²) in [7, 11) is 0.263. The number of hydrogen-bond acceptors (Lipinski definition) is 2. The fourth-order valence-corrected chi connectivity index (χ4v) is 8.87. The van der Waals surface area contributed by atoms with Gasteiger partial charge in [0, 0.05) is 18.5 Å². The zero-order chi connectivity index (χ0) is 21.4. The van der Waals surface area contributed by atoms with Crippen LogP contribution in [0.5, 0.6) is 0 Å². The van der Waals surface area contributed by atoms with E-state index in [1.807, 2.05) is 18.0 Å². The molecule has 0 aromatic rings. The first-order valence-electron chi connectivity index (χ1n) is 11.9. The number of hydrogen-bond donors (Lipinski definition) is 0. The van der Waals surface area contributed by atoms with Crippen molar-refractivity contribution in [1.29, 1.82) is 0 Å². The monoisotopic (exact) mass is 417 g/mol. The standard InChI is InChI=1S/C25H43NO2Si/c1-23(2,3)29(7,8)28-21-12-10-18-17-9-11-20-24(4,16-14-22(27)26(20)6)19(17)13-15-25(18,21)5/h14,16-21H,9-13,15H2,1-8H3/t17-,18-,19+,20?,21?,24+,25-/m0/s1. The molecule has 164 valence electrons. The Balaban J connectivity index is 1.58. The SMILES string of the molecule is CN1C(=O)C=C[C@@]2(C)C1CC[C@@H]1[C@H]2CC[C@]2(C)C(O[Si](C)(C)C(C)(C)C)CC[C@@H]12. The molecular weight excluding hydrogens is 374 g/mol. The summed E-state index contributed by atoms with van der Waals surface area (Å²) < 4.78 is 7.05. The summed E-state index contributed by atoms with van der Waals surface area (Å²) in [4.78, 5) is 14.3. The number of fused-ring (bicyclic) bond motifs is 5. The average molecular weight is 418 g/mol. The molecule has 4 aliphatic rings. The molecule has 1 aliphatic heterocycles. The van der Waals surface area contributed by atoms with Crippen LogP contribution in [0.2, 0.25) is 18.1 Å². The van der Waals surface area contributed by atoms with E-state index in [4.69, 9.17) is 4.43 Å². The Morgan fingerprint density at radius 1 is 1.07 bits per heavy atom. The van der Waals surface area contributed by atoms with Gasteiger partial charge in [0.1, 0.15) is 0 Å². The first-order chi connectivity index (χ1) is 13.3. The van der Waals surface area contributed by atoms with Crippen LogP contribution in [0.25, 0.3) is 0 Å². The number of carbonyl (C=O) groups is 1. The fourth-order valence-electron chi connectivity index (χ4n) is 7.42. The van der Waals surface area contributed by atoms with E-state index in [1.54, 1.807) is 0 Å². The minimum absolute atomic E-state index is 0.144. The molecule has 3 fully saturated rings. The molecule has 1 amide bonds. The Morgan fingerprint density at radius 2 is 1.76 bits per heavy atom. The van der Waals surface area contributed by atoms with Crippen LogP contribution >= 0.6 is 0 Å². The number of amides is 1. The van der Waals surface area contributed by atoms with Crippen molar-refractivity contribution >= 4 is 14.2 Å². The van der Waals surface area contributed by atoms with Gasteiger partial charge in [0.2, 0.25) is 5.91 Å². The van der Waals surface area contributed by atoms with Crippen molar-refractivity contribution in [3.63, 3.8) is 0 Å². The number of carbonyl (C=O) groups excluding carboxylic acids is 1. The quantitative estimate of drug-likeness (QED) is 0.514. The molecule has 3 saturated carbocycles. The first-order valence-corrected chi connectivity index (χ1v) is 14.9. The predicted molar refractivity (Wildman–Crippen MR) is 122 cm³/mol. The summed E-state index contributed by atoms with van der Waals surface area (Å²) in [5.41, 5.74) is 0.477. The Kier molecular flexibility index (Phi) is 4.99. The Labute approximate surface area is 179 Å². The molecule has 4 rings (SSSR count). The van der Waals surface area contributed by atoms with Crippen LogP contribution in [0.1, 0.15) is 73.1 Å². The zero-order valence-electron chi connectivity index (χ0n) is 20.0. The zero-order valence-corrected chi connectivity index (χ0v) is 21.0. The second kappa shape index (κ2) is 6.69. The van der Waals surface area contributed by atoms with Gasteiger partial charge in [-0.25, -0.2) is 0 Å². The summed E-state index contributed by atoms with van der Waals surface area (Å²) in [6.07, 6.45) is 12.2. The number of rotatable bonds is 2. The molecule has 0 aromatic carbocycles. The minimum Gasteiger partial charge on any atom is -0.413 e. The van der Waals surface area contributed by atoms with Gasteiger partial charge in [0.25, 0.3) is 0 Å². The molecule has 0 spiro atoms. The predicted octanol–water partition coefficient (Wildman–Crippen LogP) is 6.02. The molecule has 0 radical (unpaired) electrons. The fraction of sp³-hybridized carbons (Fsp3) is 0.880. The highest BCUT2D eigenvalue weighted by atomic mass is 28.4. The third-order valence-electron chi connectivity index (χ3n) is 10.3. The molecule has 0 saturated heterocycles. The van der Waals surface area contributed by atoms with E-state index in [2.05, 4.69) is 53.8 Å². The van der Waals surface area contributed by atoms with E-state index in [0.29, 0.717) is 23.5 Å². The lowest BCUT2D eigenvalue weighted by Gasteiger charge is -2.60. The van der Waals surface area contributed by atoms with Gasteiger partial charge < -0.3 is 9.33 Å². The van der Waals surface area contributed by atoms with Crippen LogP contribution in [0, 0.1) is 28.6 Å². The summed E-state index contributed by atoms with van der Waals surface area (Å²) in [6.45, 7) is 16.9. The maximum absolute atomic E-state index is 12.3. The maximum atomic E-state index is 12.3. The third-order valence-corrected chi connectivity index (χ3v) is 14.8. The van der Waals surface area contributed by atoms with Gasteiger partial charge in [0.05, 0.1) is 6.10 Å². The van der Waals surface area contributed by atoms with Crippen LogP contribution < -0.4 is 0 Å². The van der Waals surface area contributed by atoms with Crippen LogP contribution in [0.3, 0.4) is 0 Å². The van der Waals surface area contributed by atoms with Crippen LogP contribution in [0.4, 0.5) is 0 Å². The van der Waals surface area contributed by atoms with E-state index >= 15 is 0 Å². The molecule has 3 aliphatic carbocycles. The van der Waals surface area contributed by atoms with Gasteiger partial charge in [-0.2, -0.15) is 0 Å². The number of likely N-dealkylation sites (N-methyl/N-ethyl adjacent to an activating group) is 1. The van der Waals surface area contributed by atoms with E-state index in [9.17, 15) is 4.79 Å². The molecule has 7 atom stereocenters. The molecule has 4 heteroatoms. The third kappa shape index (κ3) is 3.11. The summed E-state index contributed by atoms with van der Waals surface area (Å²) >= 11 is 0. The van der Waals surface area contributed by atoms with Crippen molar-refractivity contribution < 1.29 is 9.22 Å². The van der Waals surface area contributed by atoms with Crippen LogP contribution in [0.15, 0.2) is 12.2 Å². The first kappa shape index (κ1) is 21.6. The Hall–Kier alpha value is -0.613. The molecular formula is C25H43NO2Si. The highest BCUT2D eigenvalue weighted by molar-refractivity contribution is 6.74. The summed E-state index contributed by atoms with van der Waals surface area (Å²) in [5.74, 6) is 2.47. The maximum Gasteiger partial charge on any atom is 0.246 e. The van der Waals surface area contributed by atoms with E-state index in [0.717, 1.165) is 18.3 Å². The largest absolute Gasteiger partial charge is 0.413 e. The number of nitrogens with zero attached hydrogens (tertiary/aromatic N) is 1. The van der Waals surface area contributed by atoms with Gasteiger partial charge in [-0.1, -0.05) is 40.7 Å². The molecule has 1 heterocycles. The lowest BCUT2D eigenvalue weighted by atomic mass is 9.48. The van der Waals surface area contributed by atoms with Crippen molar-refractivity contribution in [2.24, 2.45) is 28.6 Å². The van der Waals surface area contributed by atoms with Crippen LogP contribution in [-0.2, 0) is 9.22 Å².